The molecule has 0 atom stereocenters. The minimum absolute atomic E-state index is 0.00541. The number of rotatable bonds is 8. The molecule has 0 bridgehead atoms. The van der Waals surface area contributed by atoms with E-state index in [4.69, 9.17) is 24.7 Å². The Hall–Kier alpha value is -3.48. The van der Waals surface area contributed by atoms with Crippen LogP contribution in [0.25, 0.3) is 6.08 Å². The summed E-state index contributed by atoms with van der Waals surface area (Å²) in [6, 6.07) is 9.69. The van der Waals surface area contributed by atoms with Crippen molar-refractivity contribution < 1.29 is 28.5 Å². The summed E-state index contributed by atoms with van der Waals surface area (Å²) in [7, 11) is 2.97. The molecule has 0 spiro atoms. The van der Waals surface area contributed by atoms with Crippen molar-refractivity contribution in [2.75, 3.05) is 20.8 Å². The molecule has 7 heteroatoms. The number of esters is 1. The SMILES string of the molecule is C/C=C/c1ccc(OCC(=O)Oc2cc(OC)ccc2C(N)=O)c(OC)c1. The second-order valence-electron chi connectivity index (χ2n) is 5.40. The molecule has 2 rings (SSSR count). The molecule has 142 valence electrons. The van der Waals surface area contributed by atoms with Crippen LogP contribution in [0.15, 0.2) is 42.5 Å². The van der Waals surface area contributed by atoms with Crippen LogP contribution in [0.1, 0.15) is 22.8 Å². The summed E-state index contributed by atoms with van der Waals surface area (Å²) in [6.45, 7) is 1.53. The second-order valence-corrected chi connectivity index (χ2v) is 5.40. The molecule has 0 saturated heterocycles. The van der Waals surface area contributed by atoms with Crippen LogP contribution in [0.4, 0.5) is 0 Å². The van der Waals surface area contributed by atoms with Crippen molar-refractivity contribution in [3.8, 4) is 23.0 Å². The van der Waals surface area contributed by atoms with E-state index in [2.05, 4.69) is 0 Å². The molecule has 0 heterocycles. The van der Waals surface area contributed by atoms with Gasteiger partial charge in [-0.15, -0.1) is 0 Å². The third-order valence-corrected chi connectivity index (χ3v) is 3.57. The minimum Gasteiger partial charge on any atom is -0.497 e. The molecule has 27 heavy (non-hydrogen) atoms. The maximum atomic E-state index is 12.1. The highest BCUT2D eigenvalue weighted by Crippen LogP contribution is 2.29. The average Bonchev–Trinajstić information content (AvgIpc) is 2.66. The smallest absolute Gasteiger partial charge is 0.349 e. The molecule has 0 radical (unpaired) electrons. The molecule has 1 amide bonds. The van der Waals surface area contributed by atoms with E-state index in [0.717, 1.165) is 5.56 Å². The van der Waals surface area contributed by atoms with Gasteiger partial charge in [0.05, 0.1) is 19.8 Å². The molecular weight excluding hydrogens is 350 g/mol. The van der Waals surface area contributed by atoms with Gasteiger partial charge in [0.1, 0.15) is 11.5 Å². The molecule has 0 fully saturated rings. The monoisotopic (exact) mass is 371 g/mol. The van der Waals surface area contributed by atoms with Crippen LogP contribution in [0.3, 0.4) is 0 Å². The van der Waals surface area contributed by atoms with Crippen molar-refractivity contribution >= 4 is 18.0 Å². The number of hydrogen-bond donors (Lipinski definition) is 1. The third kappa shape index (κ3) is 5.24. The Morgan fingerprint density at radius 1 is 1.00 bits per heavy atom. The van der Waals surface area contributed by atoms with E-state index in [-0.39, 0.29) is 17.9 Å². The standard InChI is InChI=1S/C20H21NO6/c1-4-5-13-6-9-16(18(10-13)25-3)26-12-19(22)27-17-11-14(24-2)7-8-15(17)20(21)23/h4-11H,12H2,1-3H3,(H2,21,23)/b5-4+. The average molecular weight is 371 g/mol. The molecule has 0 unspecified atom stereocenters. The largest absolute Gasteiger partial charge is 0.497 e. The van der Waals surface area contributed by atoms with Crippen LogP contribution < -0.4 is 24.7 Å². The molecule has 2 aromatic rings. The topological polar surface area (TPSA) is 97.1 Å². The summed E-state index contributed by atoms with van der Waals surface area (Å²) in [5.41, 5.74) is 6.30. The predicted molar refractivity (Wildman–Crippen MR) is 100 cm³/mol. The molecular formula is C20H21NO6. The Kier molecular flexibility index (Phi) is 6.82. The van der Waals surface area contributed by atoms with Crippen LogP contribution in [0, 0.1) is 0 Å². The summed E-state index contributed by atoms with van der Waals surface area (Å²) in [4.78, 5) is 23.6. The number of amides is 1. The van der Waals surface area contributed by atoms with E-state index in [1.54, 1.807) is 18.2 Å². The maximum absolute atomic E-state index is 12.1. The van der Waals surface area contributed by atoms with E-state index in [1.807, 2.05) is 25.1 Å². The van der Waals surface area contributed by atoms with Gasteiger partial charge in [-0.3, -0.25) is 4.79 Å². The van der Waals surface area contributed by atoms with Crippen molar-refractivity contribution in [3.05, 3.63) is 53.6 Å². The highest BCUT2D eigenvalue weighted by Gasteiger charge is 2.16. The summed E-state index contributed by atoms with van der Waals surface area (Å²) in [6.07, 6.45) is 3.81. The van der Waals surface area contributed by atoms with Crippen molar-refractivity contribution in [2.45, 2.75) is 6.92 Å². The van der Waals surface area contributed by atoms with Crippen LogP contribution in [-0.2, 0) is 4.79 Å². The number of carbonyl (C=O) groups is 2. The lowest BCUT2D eigenvalue weighted by molar-refractivity contribution is -0.136. The van der Waals surface area contributed by atoms with Gasteiger partial charge in [0.15, 0.2) is 18.1 Å². The van der Waals surface area contributed by atoms with Crippen molar-refractivity contribution in [2.24, 2.45) is 5.73 Å². The van der Waals surface area contributed by atoms with Gasteiger partial charge in [-0.2, -0.15) is 0 Å². The van der Waals surface area contributed by atoms with Gasteiger partial charge in [-0.25, -0.2) is 4.79 Å². The highest BCUT2D eigenvalue weighted by molar-refractivity contribution is 5.96. The number of ether oxygens (including phenoxy) is 4. The van der Waals surface area contributed by atoms with Gasteiger partial charge in [-0.05, 0) is 36.8 Å². The number of carbonyl (C=O) groups excluding carboxylic acids is 2. The summed E-state index contributed by atoms with van der Waals surface area (Å²) in [5, 5.41) is 0. The zero-order valence-corrected chi connectivity index (χ0v) is 15.4. The normalized spacial score (nSPS) is 10.5. The Labute approximate surface area is 157 Å². The first-order chi connectivity index (χ1) is 13.0. The van der Waals surface area contributed by atoms with Gasteiger partial charge < -0.3 is 24.7 Å². The lowest BCUT2D eigenvalue weighted by atomic mass is 10.2. The Bertz CT molecular complexity index is 860. The Morgan fingerprint density at radius 3 is 2.41 bits per heavy atom. The van der Waals surface area contributed by atoms with Crippen LogP contribution >= 0.6 is 0 Å². The number of benzene rings is 2. The van der Waals surface area contributed by atoms with Crippen molar-refractivity contribution in [1.29, 1.82) is 0 Å². The summed E-state index contributed by atoms with van der Waals surface area (Å²) in [5.74, 6) is -0.121. The lowest BCUT2D eigenvalue weighted by Crippen LogP contribution is -2.20. The first-order valence-corrected chi connectivity index (χ1v) is 8.10. The van der Waals surface area contributed by atoms with Crippen molar-refractivity contribution in [1.82, 2.24) is 0 Å². The molecule has 2 N–H and O–H groups in total. The Morgan fingerprint density at radius 2 is 1.78 bits per heavy atom. The van der Waals surface area contributed by atoms with Gasteiger partial charge in [-0.1, -0.05) is 18.2 Å². The van der Waals surface area contributed by atoms with E-state index < -0.39 is 11.9 Å². The number of methoxy groups -OCH3 is 2. The van der Waals surface area contributed by atoms with Crippen LogP contribution in [-0.4, -0.2) is 32.7 Å². The quantitative estimate of drug-likeness (QED) is 0.566. The number of hydrogen-bond acceptors (Lipinski definition) is 6. The minimum atomic E-state index is -0.720. The highest BCUT2D eigenvalue weighted by atomic mass is 16.6. The fourth-order valence-electron chi connectivity index (χ4n) is 2.31. The van der Waals surface area contributed by atoms with E-state index in [1.165, 1.54) is 26.4 Å². The summed E-state index contributed by atoms with van der Waals surface area (Å²) < 4.78 is 21.0. The predicted octanol–water partition coefficient (Wildman–Crippen LogP) is 2.82. The van der Waals surface area contributed by atoms with E-state index >= 15 is 0 Å². The molecule has 0 aromatic heterocycles. The first kappa shape index (κ1) is 19.8. The Balaban J connectivity index is 2.10. The fourth-order valence-corrected chi connectivity index (χ4v) is 2.31. The van der Waals surface area contributed by atoms with Gasteiger partial charge in [0, 0.05) is 6.07 Å². The third-order valence-electron chi connectivity index (χ3n) is 3.57. The molecule has 0 aliphatic rings. The first-order valence-electron chi connectivity index (χ1n) is 8.10. The van der Waals surface area contributed by atoms with Crippen LogP contribution in [0.5, 0.6) is 23.0 Å². The number of primary amides is 1. The van der Waals surface area contributed by atoms with Crippen LogP contribution in [0.2, 0.25) is 0 Å². The van der Waals surface area contributed by atoms with Gasteiger partial charge in [0.25, 0.3) is 5.91 Å². The van der Waals surface area contributed by atoms with Gasteiger partial charge in [0.2, 0.25) is 0 Å². The number of nitrogens with two attached hydrogens (primary N) is 1. The van der Waals surface area contributed by atoms with Crippen molar-refractivity contribution in [3.63, 3.8) is 0 Å². The van der Waals surface area contributed by atoms with E-state index in [9.17, 15) is 9.59 Å². The van der Waals surface area contributed by atoms with Gasteiger partial charge >= 0.3 is 5.97 Å². The lowest BCUT2D eigenvalue weighted by Gasteiger charge is -2.12. The zero-order valence-electron chi connectivity index (χ0n) is 15.4. The molecule has 7 nitrogen and oxygen atoms in total. The zero-order chi connectivity index (χ0) is 19.8. The molecule has 0 aliphatic carbocycles. The maximum Gasteiger partial charge on any atom is 0.349 e. The van der Waals surface area contributed by atoms with E-state index in [0.29, 0.717) is 17.2 Å². The fraction of sp³-hybridized carbons (Fsp3) is 0.200. The number of allylic oxidation sites excluding steroid dienone is 1. The molecule has 2 aromatic carbocycles. The second kappa shape index (κ2) is 9.28. The molecule has 0 aliphatic heterocycles. The molecule has 0 saturated carbocycles. The summed E-state index contributed by atoms with van der Waals surface area (Å²) >= 11 is 0.